The first-order valence-electron chi connectivity index (χ1n) is 6.88. The molecular weight excluding hydrogens is 278 g/mol. The Bertz CT molecular complexity index is 852. The number of furan rings is 1. The fourth-order valence-corrected chi connectivity index (χ4v) is 2.24. The summed E-state index contributed by atoms with van der Waals surface area (Å²) in [5.74, 6) is 0.302. The highest BCUT2D eigenvalue weighted by molar-refractivity contribution is 6.06. The number of hydrogen-bond donors (Lipinski definition) is 1. The van der Waals surface area contributed by atoms with Crippen LogP contribution in [-0.4, -0.2) is 17.1 Å². The second-order valence-corrected chi connectivity index (χ2v) is 5.05. The molecule has 0 bridgehead atoms. The average molecular weight is 293 g/mol. The number of benzene rings is 1. The minimum atomic E-state index is -0.274. The number of amides is 1. The molecule has 2 heterocycles. The molecule has 22 heavy (non-hydrogen) atoms. The number of aryl methyl sites for hydroxylation is 2. The first-order chi connectivity index (χ1) is 10.6. The molecule has 3 rings (SSSR count). The summed E-state index contributed by atoms with van der Waals surface area (Å²) >= 11 is 0. The zero-order chi connectivity index (χ0) is 15.5. The molecule has 1 amide bonds. The van der Waals surface area contributed by atoms with Crippen molar-refractivity contribution in [3.63, 3.8) is 0 Å². The van der Waals surface area contributed by atoms with Crippen LogP contribution in [0.4, 0.5) is 0 Å². The maximum Gasteiger partial charge on any atom is 0.272 e. The van der Waals surface area contributed by atoms with Crippen molar-refractivity contribution < 1.29 is 9.21 Å². The number of hydrazone groups is 1. The molecule has 0 aliphatic heterocycles. The van der Waals surface area contributed by atoms with E-state index in [-0.39, 0.29) is 5.91 Å². The van der Waals surface area contributed by atoms with Crippen LogP contribution in [0.25, 0.3) is 10.9 Å². The Hall–Kier alpha value is -2.95. The maximum absolute atomic E-state index is 12.4. The van der Waals surface area contributed by atoms with E-state index < -0.39 is 0 Å². The van der Waals surface area contributed by atoms with Gasteiger partial charge in [0.1, 0.15) is 5.76 Å². The first kappa shape index (κ1) is 14.0. The van der Waals surface area contributed by atoms with Gasteiger partial charge in [0.05, 0.1) is 23.6 Å². The smallest absolute Gasteiger partial charge is 0.272 e. The number of nitrogens with zero attached hydrogens (tertiary/aromatic N) is 2. The average Bonchev–Trinajstić information content (AvgIpc) is 3.00. The van der Waals surface area contributed by atoms with Crippen LogP contribution in [0.1, 0.15) is 27.4 Å². The molecular formula is C17H15N3O2. The molecule has 0 spiro atoms. The molecule has 0 aliphatic rings. The number of aromatic nitrogens is 1. The summed E-state index contributed by atoms with van der Waals surface area (Å²) in [4.78, 5) is 16.8. The van der Waals surface area contributed by atoms with E-state index in [0.29, 0.717) is 11.3 Å². The fourth-order valence-electron chi connectivity index (χ4n) is 2.24. The summed E-state index contributed by atoms with van der Waals surface area (Å²) in [7, 11) is 0. The third kappa shape index (κ3) is 2.88. The third-order valence-electron chi connectivity index (χ3n) is 3.24. The van der Waals surface area contributed by atoms with E-state index in [4.69, 9.17) is 4.42 Å². The molecule has 3 aromatic rings. The summed E-state index contributed by atoms with van der Waals surface area (Å²) < 4.78 is 5.12. The lowest BCUT2D eigenvalue weighted by molar-refractivity contribution is 0.0956. The number of fused-ring (bicyclic) bond motifs is 1. The van der Waals surface area contributed by atoms with Gasteiger partial charge in [0, 0.05) is 11.1 Å². The van der Waals surface area contributed by atoms with Crippen LogP contribution in [0.15, 0.2) is 52.2 Å². The van der Waals surface area contributed by atoms with E-state index in [9.17, 15) is 4.79 Å². The summed E-state index contributed by atoms with van der Waals surface area (Å²) in [5.41, 5.74) is 5.74. The van der Waals surface area contributed by atoms with Crippen molar-refractivity contribution in [1.82, 2.24) is 10.4 Å². The van der Waals surface area contributed by atoms with Crippen molar-refractivity contribution in [1.29, 1.82) is 0 Å². The van der Waals surface area contributed by atoms with Crippen LogP contribution in [0.2, 0.25) is 0 Å². The lowest BCUT2D eigenvalue weighted by Gasteiger charge is -2.07. The van der Waals surface area contributed by atoms with Gasteiger partial charge < -0.3 is 4.42 Å². The van der Waals surface area contributed by atoms with Gasteiger partial charge >= 0.3 is 0 Å². The van der Waals surface area contributed by atoms with Gasteiger partial charge in [-0.25, -0.2) is 5.43 Å². The molecule has 1 aromatic carbocycles. The highest BCUT2D eigenvalue weighted by Crippen LogP contribution is 2.20. The van der Waals surface area contributed by atoms with Crippen LogP contribution in [0.5, 0.6) is 0 Å². The standard InChI is InChI=1S/C17H15N3O2/c1-11-5-6-16-14(8-11)15(9-12(2)19-16)17(21)20-18-10-13-4-3-7-22-13/h3-10H,1-2H3,(H,20,21). The Morgan fingerprint density at radius 1 is 1.27 bits per heavy atom. The molecule has 5 heteroatoms. The van der Waals surface area contributed by atoms with Gasteiger partial charge in [-0.05, 0) is 44.2 Å². The second-order valence-electron chi connectivity index (χ2n) is 5.05. The van der Waals surface area contributed by atoms with E-state index in [0.717, 1.165) is 22.2 Å². The zero-order valence-electron chi connectivity index (χ0n) is 12.3. The lowest BCUT2D eigenvalue weighted by atomic mass is 10.1. The van der Waals surface area contributed by atoms with Crippen LogP contribution in [-0.2, 0) is 0 Å². The van der Waals surface area contributed by atoms with Gasteiger partial charge in [0.15, 0.2) is 0 Å². The topological polar surface area (TPSA) is 67.5 Å². The molecule has 2 aromatic heterocycles. The van der Waals surface area contributed by atoms with Gasteiger partial charge in [-0.1, -0.05) is 11.6 Å². The maximum atomic E-state index is 12.4. The minimum absolute atomic E-state index is 0.274. The third-order valence-corrected chi connectivity index (χ3v) is 3.24. The summed E-state index contributed by atoms with van der Waals surface area (Å²) in [6, 6.07) is 11.1. The van der Waals surface area contributed by atoms with Gasteiger partial charge in [-0.15, -0.1) is 0 Å². The summed E-state index contributed by atoms with van der Waals surface area (Å²) in [6.45, 7) is 3.85. The molecule has 1 N–H and O–H groups in total. The molecule has 110 valence electrons. The molecule has 5 nitrogen and oxygen atoms in total. The Labute approximate surface area is 127 Å². The number of rotatable bonds is 3. The predicted molar refractivity (Wildman–Crippen MR) is 85.0 cm³/mol. The second kappa shape index (κ2) is 5.81. The van der Waals surface area contributed by atoms with Gasteiger partial charge in [0.25, 0.3) is 5.91 Å². The lowest BCUT2D eigenvalue weighted by Crippen LogP contribution is -2.18. The fraction of sp³-hybridized carbons (Fsp3) is 0.118. The largest absolute Gasteiger partial charge is 0.463 e. The van der Waals surface area contributed by atoms with Crippen molar-refractivity contribution >= 4 is 23.0 Å². The molecule has 0 atom stereocenters. The molecule has 0 aliphatic carbocycles. The minimum Gasteiger partial charge on any atom is -0.463 e. The van der Waals surface area contributed by atoms with E-state index >= 15 is 0 Å². The highest BCUT2D eigenvalue weighted by Gasteiger charge is 2.11. The Morgan fingerprint density at radius 3 is 2.91 bits per heavy atom. The van der Waals surface area contributed by atoms with Crippen molar-refractivity contribution in [2.75, 3.05) is 0 Å². The van der Waals surface area contributed by atoms with E-state index in [1.54, 1.807) is 24.5 Å². The molecule has 0 saturated carbocycles. The first-order valence-corrected chi connectivity index (χ1v) is 6.88. The highest BCUT2D eigenvalue weighted by atomic mass is 16.3. The molecule has 0 unspecified atom stereocenters. The number of carbonyl (C=O) groups excluding carboxylic acids is 1. The zero-order valence-corrected chi connectivity index (χ0v) is 12.3. The summed E-state index contributed by atoms with van der Waals surface area (Å²) in [5, 5.41) is 4.73. The number of hydrogen-bond acceptors (Lipinski definition) is 4. The van der Waals surface area contributed by atoms with Crippen molar-refractivity contribution in [2.24, 2.45) is 5.10 Å². The number of carbonyl (C=O) groups is 1. The quantitative estimate of drug-likeness (QED) is 0.595. The Balaban J connectivity index is 1.91. The van der Waals surface area contributed by atoms with Crippen LogP contribution < -0.4 is 5.43 Å². The SMILES string of the molecule is Cc1ccc2nc(C)cc(C(=O)NN=Cc3ccco3)c2c1. The van der Waals surface area contributed by atoms with Gasteiger partial charge in [-0.2, -0.15) is 5.10 Å². The Kier molecular flexibility index (Phi) is 3.70. The van der Waals surface area contributed by atoms with E-state index in [1.165, 1.54) is 6.21 Å². The monoisotopic (exact) mass is 293 g/mol. The van der Waals surface area contributed by atoms with Crippen LogP contribution in [0, 0.1) is 13.8 Å². The molecule has 0 radical (unpaired) electrons. The van der Waals surface area contributed by atoms with E-state index in [1.807, 2.05) is 32.0 Å². The molecule has 0 fully saturated rings. The van der Waals surface area contributed by atoms with E-state index in [2.05, 4.69) is 15.5 Å². The Morgan fingerprint density at radius 2 is 2.14 bits per heavy atom. The number of nitrogens with one attached hydrogen (secondary N) is 1. The van der Waals surface area contributed by atoms with Gasteiger partial charge in [-0.3, -0.25) is 9.78 Å². The summed E-state index contributed by atoms with van der Waals surface area (Å²) in [6.07, 6.45) is 3.01. The normalized spacial score (nSPS) is 11.2. The van der Waals surface area contributed by atoms with Crippen LogP contribution >= 0.6 is 0 Å². The van der Waals surface area contributed by atoms with Gasteiger partial charge in [0.2, 0.25) is 0 Å². The van der Waals surface area contributed by atoms with Crippen molar-refractivity contribution in [2.45, 2.75) is 13.8 Å². The number of pyridine rings is 1. The van der Waals surface area contributed by atoms with Crippen molar-refractivity contribution in [3.8, 4) is 0 Å². The van der Waals surface area contributed by atoms with Crippen LogP contribution in [0.3, 0.4) is 0 Å². The molecule has 0 saturated heterocycles. The predicted octanol–water partition coefficient (Wildman–Crippen LogP) is 3.21. The van der Waals surface area contributed by atoms with Crippen molar-refractivity contribution in [3.05, 3.63) is 65.2 Å².